The monoisotopic (exact) mass is 396 g/mol. The highest BCUT2D eigenvalue weighted by atomic mass is 28.4. The van der Waals surface area contributed by atoms with E-state index in [1.165, 1.54) is 83.5 Å². The van der Waals surface area contributed by atoms with Gasteiger partial charge in [0.1, 0.15) is 6.10 Å². The summed E-state index contributed by atoms with van der Waals surface area (Å²) in [7, 11) is -2.03. The highest BCUT2D eigenvalue weighted by Crippen LogP contribution is 2.15. The molecule has 0 aliphatic heterocycles. The standard InChI is InChI=1S/C24H48O2Si/c1-6-9-10-11-12-13-14-15-16-17-18-19-20-21-23-25-27(4,5)26-24(8-3)22-7-2/h24H,6,8-21,23H2,1-5H3. The molecule has 0 amide bonds. The van der Waals surface area contributed by atoms with Gasteiger partial charge in [-0.15, -0.1) is 5.92 Å². The maximum absolute atomic E-state index is 6.09. The lowest BCUT2D eigenvalue weighted by Crippen LogP contribution is -2.38. The quantitative estimate of drug-likeness (QED) is 0.125. The van der Waals surface area contributed by atoms with E-state index in [4.69, 9.17) is 8.85 Å². The van der Waals surface area contributed by atoms with Crippen molar-refractivity contribution in [1.29, 1.82) is 0 Å². The van der Waals surface area contributed by atoms with Crippen molar-refractivity contribution in [1.82, 2.24) is 0 Å². The maximum Gasteiger partial charge on any atom is 0.332 e. The Morgan fingerprint density at radius 2 is 1.15 bits per heavy atom. The lowest BCUT2D eigenvalue weighted by molar-refractivity contribution is 0.146. The Morgan fingerprint density at radius 3 is 1.56 bits per heavy atom. The van der Waals surface area contributed by atoms with Crippen LogP contribution in [0.2, 0.25) is 13.1 Å². The molecule has 1 atom stereocenters. The Hall–Kier alpha value is -0.303. The van der Waals surface area contributed by atoms with Gasteiger partial charge in [0, 0.05) is 6.61 Å². The van der Waals surface area contributed by atoms with Crippen molar-refractivity contribution >= 4 is 8.56 Å². The van der Waals surface area contributed by atoms with Crippen molar-refractivity contribution < 1.29 is 8.85 Å². The molecule has 0 aliphatic carbocycles. The topological polar surface area (TPSA) is 18.5 Å². The van der Waals surface area contributed by atoms with Gasteiger partial charge >= 0.3 is 8.56 Å². The minimum atomic E-state index is -2.03. The van der Waals surface area contributed by atoms with Gasteiger partial charge in [0.05, 0.1) is 0 Å². The molecule has 0 spiro atoms. The third kappa shape index (κ3) is 18.8. The van der Waals surface area contributed by atoms with E-state index in [2.05, 4.69) is 38.8 Å². The van der Waals surface area contributed by atoms with Crippen LogP contribution in [0.5, 0.6) is 0 Å². The molecule has 0 radical (unpaired) electrons. The van der Waals surface area contributed by atoms with E-state index in [0.29, 0.717) is 0 Å². The molecule has 0 aromatic carbocycles. The van der Waals surface area contributed by atoms with Crippen molar-refractivity contribution in [2.75, 3.05) is 6.61 Å². The molecule has 0 aromatic rings. The molecule has 0 aliphatic rings. The molecule has 0 N–H and O–H groups in total. The molecular formula is C24H48O2Si. The molecule has 0 fully saturated rings. The lowest BCUT2D eigenvalue weighted by atomic mass is 10.0. The normalized spacial score (nSPS) is 12.6. The number of rotatable bonds is 19. The van der Waals surface area contributed by atoms with Crippen LogP contribution in [0.25, 0.3) is 0 Å². The zero-order valence-corrected chi connectivity index (χ0v) is 20.2. The van der Waals surface area contributed by atoms with Crippen LogP contribution in [-0.4, -0.2) is 21.3 Å². The van der Waals surface area contributed by atoms with Crippen LogP contribution in [-0.2, 0) is 8.85 Å². The summed E-state index contributed by atoms with van der Waals surface area (Å²) in [5, 5.41) is 0. The molecule has 3 heteroatoms. The Kier molecular flexibility index (Phi) is 18.8. The number of hydrogen-bond donors (Lipinski definition) is 0. The van der Waals surface area contributed by atoms with E-state index in [9.17, 15) is 0 Å². The van der Waals surface area contributed by atoms with Gasteiger partial charge in [-0.3, -0.25) is 0 Å². The van der Waals surface area contributed by atoms with Gasteiger partial charge in [-0.2, -0.15) is 0 Å². The van der Waals surface area contributed by atoms with Gasteiger partial charge in [0.25, 0.3) is 0 Å². The van der Waals surface area contributed by atoms with Crippen LogP contribution in [0.4, 0.5) is 0 Å². The van der Waals surface area contributed by atoms with Gasteiger partial charge in [-0.1, -0.05) is 103 Å². The van der Waals surface area contributed by atoms with Gasteiger partial charge in [0.2, 0.25) is 0 Å². The second-order valence-electron chi connectivity index (χ2n) is 8.25. The Labute approximate surface area is 172 Å². The molecule has 0 heterocycles. The first-order valence-corrected chi connectivity index (χ1v) is 14.6. The SMILES string of the molecule is CC#CC(CC)O[Si](C)(C)OCCCCCCCCCCCCCCCC. The summed E-state index contributed by atoms with van der Waals surface area (Å²) < 4.78 is 12.2. The van der Waals surface area contributed by atoms with E-state index >= 15 is 0 Å². The summed E-state index contributed by atoms with van der Waals surface area (Å²) in [4.78, 5) is 0. The van der Waals surface area contributed by atoms with Crippen LogP contribution in [0.15, 0.2) is 0 Å². The smallest absolute Gasteiger partial charge is 0.332 e. The molecule has 1 unspecified atom stereocenters. The fourth-order valence-corrected chi connectivity index (χ4v) is 4.98. The van der Waals surface area contributed by atoms with Gasteiger partial charge < -0.3 is 8.85 Å². The minimum absolute atomic E-state index is 0.0352. The molecule has 0 aromatic heterocycles. The summed E-state index contributed by atoms with van der Waals surface area (Å²) in [6.07, 6.45) is 20.4. The summed E-state index contributed by atoms with van der Waals surface area (Å²) in [5.74, 6) is 6.08. The molecular weight excluding hydrogens is 348 g/mol. The van der Waals surface area contributed by atoms with Crippen LogP contribution >= 0.6 is 0 Å². The van der Waals surface area contributed by atoms with Crippen molar-refractivity contribution in [3.8, 4) is 11.8 Å². The maximum atomic E-state index is 6.09. The zero-order valence-electron chi connectivity index (χ0n) is 19.2. The van der Waals surface area contributed by atoms with Crippen LogP contribution in [0.1, 0.15) is 117 Å². The average molecular weight is 397 g/mol. The summed E-state index contributed by atoms with van der Waals surface area (Å²) in [6, 6.07) is 0. The molecule has 160 valence electrons. The average Bonchev–Trinajstić information content (AvgIpc) is 2.64. The molecule has 0 saturated carbocycles. The lowest BCUT2D eigenvalue weighted by Gasteiger charge is -2.26. The van der Waals surface area contributed by atoms with Crippen LogP contribution in [0, 0.1) is 11.8 Å². The molecule has 0 bridgehead atoms. The molecule has 0 rings (SSSR count). The molecule has 27 heavy (non-hydrogen) atoms. The highest BCUT2D eigenvalue weighted by Gasteiger charge is 2.27. The summed E-state index contributed by atoms with van der Waals surface area (Å²) in [5.41, 5.74) is 0. The first kappa shape index (κ1) is 26.7. The molecule has 0 saturated heterocycles. The first-order valence-electron chi connectivity index (χ1n) is 11.8. The third-order valence-corrected chi connectivity index (χ3v) is 6.80. The predicted molar refractivity (Wildman–Crippen MR) is 122 cm³/mol. The van der Waals surface area contributed by atoms with Crippen LogP contribution in [0.3, 0.4) is 0 Å². The van der Waals surface area contributed by atoms with E-state index in [-0.39, 0.29) is 6.10 Å². The second kappa shape index (κ2) is 19.0. The van der Waals surface area contributed by atoms with Gasteiger partial charge in [0.15, 0.2) is 0 Å². The fraction of sp³-hybridized carbons (Fsp3) is 0.917. The van der Waals surface area contributed by atoms with E-state index < -0.39 is 8.56 Å². The van der Waals surface area contributed by atoms with Crippen LogP contribution < -0.4 is 0 Å². The second-order valence-corrected chi connectivity index (χ2v) is 11.6. The molecule has 2 nitrogen and oxygen atoms in total. The first-order chi connectivity index (χ1) is 13.1. The van der Waals surface area contributed by atoms with Crippen molar-refractivity contribution in [2.24, 2.45) is 0 Å². The van der Waals surface area contributed by atoms with Crippen molar-refractivity contribution in [3.63, 3.8) is 0 Å². The largest absolute Gasteiger partial charge is 0.394 e. The predicted octanol–water partition coefficient (Wildman–Crippen LogP) is 8.00. The Balaban J connectivity index is 3.40. The Bertz CT molecular complexity index is 370. The zero-order chi connectivity index (χ0) is 20.2. The van der Waals surface area contributed by atoms with Gasteiger partial charge in [-0.05, 0) is 32.9 Å². The summed E-state index contributed by atoms with van der Waals surface area (Å²) in [6.45, 7) is 11.4. The Morgan fingerprint density at radius 1 is 0.704 bits per heavy atom. The minimum Gasteiger partial charge on any atom is -0.394 e. The fourth-order valence-electron chi connectivity index (χ4n) is 3.37. The number of hydrogen-bond acceptors (Lipinski definition) is 2. The van der Waals surface area contributed by atoms with Crippen molar-refractivity contribution in [2.45, 2.75) is 136 Å². The van der Waals surface area contributed by atoms with Crippen molar-refractivity contribution in [3.05, 3.63) is 0 Å². The summed E-state index contributed by atoms with van der Waals surface area (Å²) >= 11 is 0. The third-order valence-electron chi connectivity index (χ3n) is 5.05. The highest BCUT2D eigenvalue weighted by molar-refractivity contribution is 6.64. The van der Waals surface area contributed by atoms with E-state index in [1.54, 1.807) is 0 Å². The van der Waals surface area contributed by atoms with E-state index in [0.717, 1.165) is 19.4 Å². The van der Waals surface area contributed by atoms with E-state index in [1.807, 2.05) is 6.92 Å². The number of unbranched alkanes of at least 4 members (excludes halogenated alkanes) is 13. The van der Waals surface area contributed by atoms with Gasteiger partial charge in [-0.25, -0.2) is 0 Å².